The maximum atomic E-state index is 12.0. The first-order valence-corrected chi connectivity index (χ1v) is 11.0. The van der Waals surface area contributed by atoms with Crippen molar-refractivity contribution in [2.24, 2.45) is 11.8 Å². The second-order valence-electron chi connectivity index (χ2n) is 8.19. The number of nitrogens with one attached hydrogen (secondary N) is 1. The third-order valence-electron chi connectivity index (χ3n) is 5.55. The molecule has 3 rings (SSSR count). The lowest BCUT2D eigenvalue weighted by molar-refractivity contribution is -0.403. The molecule has 1 saturated heterocycles. The van der Waals surface area contributed by atoms with Crippen LogP contribution in [-0.2, 0) is 27.4 Å². The van der Waals surface area contributed by atoms with Gasteiger partial charge in [0, 0.05) is 13.0 Å². The van der Waals surface area contributed by atoms with Gasteiger partial charge in [0.1, 0.15) is 12.4 Å². The Labute approximate surface area is 198 Å². The molecular formula is C24H32N4O6. The molecule has 34 heavy (non-hydrogen) atoms. The standard InChI is InChI=1S/C15H19NO4.C9H13N3O2/c1-11-6-5-9-16(13(11)14(17)18)15(19)20-10-12-7-3-2-4-8-12;10-8(9(14)12-11)5-6-1-3-7(13)4-2-6/h2-4,7-8,11,13H,5-6,9-10H2,1H3,(H,17,18);1-4,8,13H,5,10-11H2,(H,12,14)/t11-,13+;8-/m00/s1. The van der Waals surface area contributed by atoms with Crippen LogP contribution in [0.2, 0.25) is 0 Å². The summed E-state index contributed by atoms with van der Waals surface area (Å²) in [4.78, 5) is 35.5. The first kappa shape index (κ1) is 26.6. The first-order valence-electron chi connectivity index (χ1n) is 11.0. The van der Waals surface area contributed by atoms with Crippen molar-refractivity contribution in [1.82, 2.24) is 10.3 Å². The highest BCUT2D eigenvalue weighted by molar-refractivity contribution is 5.80. The number of hydrogen-bond donors (Lipinski definition) is 4. The lowest BCUT2D eigenvalue weighted by Crippen LogP contribution is -2.69. The highest BCUT2D eigenvalue weighted by atomic mass is 16.6. The third kappa shape index (κ3) is 8.05. The smallest absolute Gasteiger partial charge is 0.410 e. The van der Waals surface area contributed by atoms with Crippen molar-refractivity contribution in [2.45, 2.75) is 44.9 Å². The van der Waals surface area contributed by atoms with E-state index >= 15 is 0 Å². The van der Waals surface area contributed by atoms with Gasteiger partial charge in [0.25, 0.3) is 5.91 Å². The molecule has 0 spiro atoms. The number of likely N-dealkylation sites (tertiary alicyclic amines) is 1. The molecule has 0 bridgehead atoms. The summed E-state index contributed by atoms with van der Waals surface area (Å²) in [5.41, 5.74) is 7.53. The van der Waals surface area contributed by atoms with Crippen LogP contribution in [-0.4, -0.2) is 46.6 Å². The molecule has 2 amide bonds. The lowest BCUT2D eigenvalue weighted by atomic mass is 9.91. The highest BCUT2D eigenvalue weighted by Crippen LogP contribution is 2.24. The molecule has 10 nitrogen and oxygen atoms in total. The fourth-order valence-electron chi connectivity index (χ4n) is 3.68. The minimum atomic E-state index is -1.21. The molecule has 0 radical (unpaired) electrons. The van der Waals surface area contributed by atoms with E-state index in [4.69, 9.17) is 15.7 Å². The number of ether oxygens (including phenoxy) is 1. The largest absolute Gasteiger partial charge is 0.548 e. The maximum Gasteiger partial charge on any atom is 0.410 e. The molecule has 3 atom stereocenters. The summed E-state index contributed by atoms with van der Waals surface area (Å²) < 4.78 is 5.19. The molecule has 0 unspecified atom stereocenters. The van der Waals surface area contributed by atoms with Crippen LogP contribution in [0.15, 0.2) is 54.6 Å². The molecule has 2 aromatic carbocycles. The Kier molecular flexibility index (Phi) is 10.3. The minimum Gasteiger partial charge on any atom is -0.548 e. The number of phenols is 1. The number of aromatic hydroxyl groups is 1. The predicted octanol–water partition coefficient (Wildman–Crippen LogP) is -0.291. The van der Waals surface area contributed by atoms with E-state index in [0.717, 1.165) is 24.0 Å². The summed E-state index contributed by atoms with van der Waals surface area (Å²) in [5.74, 6) is 3.56. The van der Waals surface area contributed by atoms with Crippen LogP contribution in [0, 0.1) is 5.92 Å². The summed E-state index contributed by atoms with van der Waals surface area (Å²) >= 11 is 0. The van der Waals surface area contributed by atoms with E-state index in [-0.39, 0.29) is 24.2 Å². The topological polar surface area (TPSA) is 173 Å². The molecule has 0 aromatic heterocycles. The van der Waals surface area contributed by atoms with E-state index in [1.807, 2.05) is 42.7 Å². The van der Waals surface area contributed by atoms with Gasteiger partial charge in [-0.2, -0.15) is 0 Å². The van der Waals surface area contributed by atoms with Gasteiger partial charge in [0.15, 0.2) is 6.04 Å². The van der Waals surface area contributed by atoms with Crippen molar-refractivity contribution in [3.63, 3.8) is 0 Å². The number of hydrazine groups is 1. The highest BCUT2D eigenvalue weighted by Gasteiger charge is 2.33. The van der Waals surface area contributed by atoms with Gasteiger partial charge in [0.2, 0.25) is 0 Å². The van der Waals surface area contributed by atoms with E-state index in [0.29, 0.717) is 13.0 Å². The van der Waals surface area contributed by atoms with Crippen LogP contribution in [0.1, 0.15) is 30.9 Å². The van der Waals surface area contributed by atoms with Gasteiger partial charge in [-0.25, -0.2) is 10.6 Å². The zero-order valence-corrected chi connectivity index (χ0v) is 19.2. The van der Waals surface area contributed by atoms with Crippen LogP contribution in [0.25, 0.3) is 0 Å². The fourth-order valence-corrected chi connectivity index (χ4v) is 3.68. The minimum absolute atomic E-state index is 0.113. The van der Waals surface area contributed by atoms with Gasteiger partial charge < -0.3 is 25.5 Å². The summed E-state index contributed by atoms with van der Waals surface area (Å²) in [7, 11) is 0. The molecule has 0 aliphatic carbocycles. The Morgan fingerprint density at radius 2 is 1.82 bits per heavy atom. The first-order chi connectivity index (χ1) is 16.2. The van der Waals surface area contributed by atoms with Crippen molar-refractivity contribution < 1.29 is 35.1 Å². The van der Waals surface area contributed by atoms with Crippen molar-refractivity contribution in [3.8, 4) is 5.75 Å². The lowest BCUT2D eigenvalue weighted by Gasteiger charge is -2.39. The number of quaternary nitrogens is 1. The summed E-state index contributed by atoms with van der Waals surface area (Å²) in [6.07, 6.45) is 1.48. The number of piperidine rings is 1. The number of amides is 2. The molecule has 0 saturated carbocycles. The van der Waals surface area contributed by atoms with Crippen LogP contribution < -0.4 is 22.1 Å². The molecule has 1 heterocycles. The zero-order chi connectivity index (χ0) is 25.1. The number of carbonyl (C=O) groups is 3. The van der Waals surface area contributed by atoms with Crippen LogP contribution in [0.5, 0.6) is 5.75 Å². The Morgan fingerprint density at radius 3 is 2.41 bits per heavy atom. The SMILES string of the molecule is C[C@H]1CCCN(C(=O)OCc2ccccc2)[C@H]1C(=O)[O-].NNC(=O)[C@@H]([NH3+])Cc1ccc(O)cc1. The normalized spacial score (nSPS) is 18.1. The molecule has 1 fully saturated rings. The van der Waals surface area contributed by atoms with Crippen LogP contribution in [0.3, 0.4) is 0 Å². The second-order valence-corrected chi connectivity index (χ2v) is 8.19. The van der Waals surface area contributed by atoms with E-state index in [1.54, 1.807) is 24.3 Å². The number of phenolic OH excluding ortho intramolecular Hbond substituents is 1. The summed E-state index contributed by atoms with van der Waals surface area (Å²) in [5, 5.41) is 20.2. The molecule has 184 valence electrons. The number of benzene rings is 2. The number of carbonyl (C=O) groups excluding carboxylic acids is 3. The number of carboxylic acids is 1. The average Bonchev–Trinajstić information content (AvgIpc) is 2.84. The van der Waals surface area contributed by atoms with Gasteiger partial charge in [-0.1, -0.05) is 49.4 Å². The average molecular weight is 473 g/mol. The van der Waals surface area contributed by atoms with E-state index in [2.05, 4.69) is 5.73 Å². The Morgan fingerprint density at radius 1 is 1.18 bits per heavy atom. The van der Waals surface area contributed by atoms with Gasteiger partial charge in [0.05, 0.1) is 12.0 Å². The molecule has 10 heteroatoms. The number of nitrogens with two attached hydrogens (primary N) is 1. The number of carboxylic acid groups (broad SMARTS) is 1. The Balaban J connectivity index is 0.000000257. The zero-order valence-electron chi connectivity index (χ0n) is 19.2. The van der Waals surface area contributed by atoms with Crippen molar-refractivity contribution in [3.05, 3.63) is 65.7 Å². The summed E-state index contributed by atoms with van der Waals surface area (Å²) in [6, 6.07) is 14.6. The number of aliphatic carboxylic acids is 1. The van der Waals surface area contributed by atoms with Gasteiger partial charge in [-0.15, -0.1) is 0 Å². The second kappa shape index (κ2) is 13.2. The summed E-state index contributed by atoms with van der Waals surface area (Å²) in [6.45, 7) is 2.36. The van der Waals surface area contributed by atoms with Crippen LogP contribution in [0.4, 0.5) is 4.79 Å². The monoisotopic (exact) mass is 472 g/mol. The quantitative estimate of drug-likeness (QED) is 0.254. The number of hydrogen-bond acceptors (Lipinski definition) is 7. The number of nitrogens with zero attached hydrogens (tertiary/aromatic N) is 1. The van der Waals surface area contributed by atoms with Crippen molar-refractivity contribution in [2.75, 3.05) is 6.54 Å². The molecule has 1 aliphatic heterocycles. The van der Waals surface area contributed by atoms with Gasteiger partial charge in [-0.05, 0) is 42.0 Å². The van der Waals surface area contributed by atoms with E-state index < -0.39 is 24.1 Å². The molecule has 2 aromatic rings. The predicted molar refractivity (Wildman–Crippen MR) is 121 cm³/mol. The van der Waals surface area contributed by atoms with Crippen LogP contribution >= 0.6 is 0 Å². The molecule has 7 N–H and O–H groups in total. The number of rotatable bonds is 6. The Hall–Kier alpha value is -3.63. The molecule has 1 aliphatic rings. The van der Waals surface area contributed by atoms with Gasteiger partial charge in [-0.3, -0.25) is 15.1 Å². The van der Waals surface area contributed by atoms with E-state index in [9.17, 15) is 19.5 Å². The van der Waals surface area contributed by atoms with Crippen molar-refractivity contribution >= 4 is 18.0 Å². The van der Waals surface area contributed by atoms with Crippen molar-refractivity contribution in [1.29, 1.82) is 0 Å². The maximum absolute atomic E-state index is 12.0. The third-order valence-corrected chi connectivity index (χ3v) is 5.55. The fraction of sp³-hybridized carbons (Fsp3) is 0.375. The Bertz CT molecular complexity index is 938. The van der Waals surface area contributed by atoms with Gasteiger partial charge >= 0.3 is 6.09 Å². The molecular weight excluding hydrogens is 440 g/mol. The van der Waals surface area contributed by atoms with E-state index in [1.165, 1.54) is 4.90 Å².